The van der Waals surface area contributed by atoms with Gasteiger partial charge in [-0.05, 0) is 6.08 Å². The van der Waals surface area contributed by atoms with Crippen LogP contribution in [0.4, 0.5) is 13.2 Å². The molecule has 1 N–H and O–H groups in total. The highest BCUT2D eigenvalue weighted by molar-refractivity contribution is 5.83. The molecule has 1 aliphatic rings. The lowest BCUT2D eigenvalue weighted by atomic mass is 9.83. The Bertz CT molecular complexity index is 282. The lowest BCUT2D eigenvalue weighted by Crippen LogP contribution is -2.44. The van der Waals surface area contributed by atoms with Gasteiger partial charge in [-0.1, -0.05) is 0 Å². The van der Waals surface area contributed by atoms with Gasteiger partial charge in [-0.2, -0.15) is 13.2 Å². The topological polar surface area (TPSA) is 49.7 Å². The molecule has 1 rings (SSSR count). The molecule has 0 aromatic rings. The van der Waals surface area contributed by atoms with E-state index in [9.17, 15) is 18.0 Å². The molecule has 0 aromatic heterocycles. The van der Waals surface area contributed by atoms with E-state index in [0.29, 0.717) is 6.08 Å². The molecule has 0 saturated carbocycles. The lowest BCUT2D eigenvalue weighted by Gasteiger charge is -2.28. The second-order valence-corrected chi connectivity index (χ2v) is 2.63. The van der Waals surface area contributed by atoms with Crippen LogP contribution in [0.25, 0.3) is 0 Å². The van der Waals surface area contributed by atoms with E-state index in [2.05, 4.69) is 4.99 Å². The molecule has 0 fully saturated rings. The molecule has 0 bridgehead atoms. The van der Waals surface area contributed by atoms with Gasteiger partial charge < -0.3 is 5.11 Å². The van der Waals surface area contributed by atoms with Crippen LogP contribution in [0.15, 0.2) is 17.3 Å². The second kappa shape index (κ2) is 2.86. The van der Waals surface area contributed by atoms with Crippen molar-refractivity contribution >= 4 is 12.2 Å². The normalized spacial score (nSPS) is 27.6. The van der Waals surface area contributed by atoms with Crippen molar-refractivity contribution in [2.75, 3.05) is 0 Å². The standard InChI is InChI=1S/C7H6F3NO2/c8-7(9,10)6(5(12)13)1-3-11-4-2-6/h1,3-4H,2H2,(H,12,13). The third kappa shape index (κ3) is 1.43. The molecule has 72 valence electrons. The molecule has 0 aliphatic carbocycles. The van der Waals surface area contributed by atoms with Crippen molar-refractivity contribution in [2.24, 2.45) is 10.4 Å². The average Bonchev–Trinajstić information content (AvgIpc) is 2.03. The maximum atomic E-state index is 12.4. The summed E-state index contributed by atoms with van der Waals surface area (Å²) in [5.74, 6) is -1.90. The largest absolute Gasteiger partial charge is 0.480 e. The molecule has 1 heterocycles. The van der Waals surface area contributed by atoms with Crippen molar-refractivity contribution in [1.82, 2.24) is 0 Å². The number of alkyl halides is 3. The molecule has 6 heteroatoms. The van der Waals surface area contributed by atoms with Gasteiger partial charge in [0.15, 0.2) is 5.41 Å². The zero-order valence-corrected chi connectivity index (χ0v) is 6.38. The Morgan fingerprint density at radius 2 is 2.15 bits per heavy atom. The van der Waals surface area contributed by atoms with E-state index in [1.807, 2.05) is 0 Å². The number of rotatable bonds is 1. The lowest BCUT2D eigenvalue weighted by molar-refractivity contribution is -0.215. The van der Waals surface area contributed by atoms with Crippen molar-refractivity contribution < 1.29 is 23.1 Å². The Labute approximate surface area is 71.6 Å². The summed E-state index contributed by atoms with van der Waals surface area (Å²) in [6.07, 6.45) is -3.08. The van der Waals surface area contributed by atoms with Crippen molar-refractivity contribution in [1.29, 1.82) is 0 Å². The molecular formula is C7H6F3NO2. The van der Waals surface area contributed by atoms with Crippen molar-refractivity contribution in [3.63, 3.8) is 0 Å². The Morgan fingerprint density at radius 1 is 1.54 bits per heavy atom. The van der Waals surface area contributed by atoms with Gasteiger partial charge in [-0.25, -0.2) is 0 Å². The van der Waals surface area contributed by atoms with Crippen LogP contribution in [0.3, 0.4) is 0 Å². The summed E-state index contributed by atoms with van der Waals surface area (Å²) >= 11 is 0. The zero-order chi connectivity index (χ0) is 10.1. The van der Waals surface area contributed by atoms with Crippen LogP contribution in [0.1, 0.15) is 6.42 Å². The summed E-state index contributed by atoms with van der Waals surface area (Å²) in [4.78, 5) is 13.9. The summed E-state index contributed by atoms with van der Waals surface area (Å²) in [5.41, 5.74) is -2.80. The van der Waals surface area contributed by atoms with Gasteiger partial charge in [-0.15, -0.1) is 0 Å². The molecule has 0 amide bonds. The van der Waals surface area contributed by atoms with E-state index in [1.54, 1.807) is 0 Å². The number of halogens is 3. The molecule has 1 atom stereocenters. The maximum Gasteiger partial charge on any atom is 0.408 e. The predicted molar refractivity (Wildman–Crippen MR) is 38.4 cm³/mol. The monoisotopic (exact) mass is 193 g/mol. The smallest absolute Gasteiger partial charge is 0.408 e. The van der Waals surface area contributed by atoms with Crippen LogP contribution >= 0.6 is 0 Å². The molecule has 3 nitrogen and oxygen atoms in total. The Morgan fingerprint density at radius 3 is 2.38 bits per heavy atom. The first-order valence-electron chi connectivity index (χ1n) is 3.39. The zero-order valence-electron chi connectivity index (χ0n) is 6.38. The van der Waals surface area contributed by atoms with E-state index in [1.165, 1.54) is 0 Å². The average molecular weight is 193 g/mol. The van der Waals surface area contributed by atoms with Crippen LogP contribution in [0.2, 0.25) is 0 Å². The summed E-state index contributed by atoms with van der Waals surface area (Å²) in [6.45, 7) is 0. The number of carbonyl (C=O) groups is 1. The van der Waals surface area contributed by atoms with Crippen LogP contribution in [0.5, 0.6) is 0 Å². The van der Waals surface area contributed by atoms with E-state index < -0.39 is 24.0 Å². The molecule has 0 saturated heterocycles. The fourth-order valence-corrected chi connectivity index (χ4v) is 0.986. The third-order valence-electron chi connectivity index (χ3n) is 1.85. The SMILES string of the molecule is O=C(O)C1(C(F)(F)F)C=CN=CC1. The van der Waals surface area contributed by atoms with Gasteiger partial charge >= 0.3 is 12.1 Å². The first-order valence-corrected chi connectivity index (χ1v) is 3.39. The van der Waals surface area contributed by atoms with E-state index in [-0.39, 0.29) is 0 Å². The molecule has 1 aliphatic heterocycles. The number of hydrogen-bond acceptors (Lipinski definition) is 2. The minimum atomic E-state index is -4.79. The van der Waals surface area contributed by atoms with Crippen molar-refractivity contribution in [3.05, 3.63) is 12.3 Å². The van der Waals surface area contributed by atoms with Gasteiger partial charge in [0.05, 0.1) is 0 Å². The molecule has 0 spiro atoms. The number of carboxylic acid groups (broad SMARTS) is 1. The summed E-state index contributed by atoms with van der Waals surface area (Å²) in [5, 5.41) is 8.49. The number of carboxylic acids is 1. The molecular weight excluding hydrogens is 187 g/mol. The minimum Gasteiger partial charge on any atom is -0.480 e. The van der Waals surface area contributed by atoms with Gasteiger partial charge in [0, 0.05) is 18.8 Å². The number of hydrogen-bond donors (Lipinski definition) is 1. The summed E-state index contributed by atoms with van der Waals surface area (Å²) in [6, 6.07) is 0. The van der Waals surface area contributed by atoms with Crippen molar-refractivity contribution in [2.45, 2.75) is 12.6 Å². The summed E-state index contributed by atoms with van der Waals surface area (Å²) in [7, 11) is 0. The first kappa shape index (κ1) is 9.76. The molecule has 0 radical (unpaired) electrons. The Hall–Kier alpha value is -1.33. The van der Waals surface area contributed by atoms with Crippen LogP contribution in [-0.2, 0) is 4.79 Å². The number of nitrogens with zero attached hydrogens (tertiary/aromatic N) is 1. The quantitative estimate of drug-likeness (QED) is 0.687. The van der Waals surface area contributed by atoms with Crippen LogP contribution < -0.4 is 0 Å². The molecule has 1 unspecified atom stereocenters. The molecule has 0 aromatic carbocycles. The fraction of sp³-hybridized carbons (Fsp3) is 0.429. The van der Waals surface area contributed by atoms with Crippen molar-refractivity contribution in [3.8, 4) is 0 Å². The maximum absolute atomic E-state index is 12.4. The van der Waals surface area contributed by atoms with E-state index >= 15 is 0 Å². The highest BCUT2D eigenvalue weighted by atomic mass is 19.4. The minimum absolute atomic E-state index is 0.565. The third-order valence-corrected chi connectivity index (χ3v) is 1.85. The van der Waals surface area contributed by atoms with Gasteiger partial charge in [0.1, 0.15) is 0 Å². The fourth-order valence-electron chi connectivity index (χ4n) is 0.986. The summed E-state index contributed by atoms with van der Waals surface area (Å²) < 4.78 is 37.1. The van der Waals surface area contributed by atoms with Crippen LogP contribution in [-0.4, -0.2) is 23.5 Å². The number of aliphatic carboxylic acids is 1. The van der Waals surface area contributed by atoms with Crippen LogP contribution in [0, 0.1) is 5.41 Å². The predicted octanol–water partition coefficient (Wildman–Crippen LogP) is 1.61. The van der Waals surface area contributed by atoms with E-state index in [4.69, 9.17) is 5.11 Å². The first-order chi connectivity index (χ1) is 5.90. The van der Waals surface area contributed by atoms with E-state index in [0.717, 1.165) is 12.4 Å². The Kier molecular flexibility index (Phi) is 2.15. The highest BCUT2D eigenvalue weighted by Crippen LogP contribution is 2.43. The highest BCUT2D eigenvalue weighted by Gasteiger charge is 2.59. The number of aliphatic imine (C=N–C) groups is 1. The van der Waals surface area contributed by atoms with Gasteiger partial charge in [0.2, 0.25) is 0 Å². The Balaban J connectivity index is 3.10. The van der Waals surface area contributed by atoms with Gasteiger partial charge in [0.25, 0.3) is 0 Å². The second-order valence-electron chi connectivity index (χ2n) is 2.63. The van der Waals surface area contributed by atoms with Gasteiger partial charge in [-0.3, -0.25) is 9.79 Å². The molecule has 13 heavy (non-hydrogen) atoms.